The van der Waals surface area contributed by atoms with Crippen LogP contribution in [0, 0.1) is 5.92 Å². The van der Waals surface area contributed by atoms with Crippen molar-refractivity contribution < 1.29 is 14.3 Å². The molecular weight excluding hydrogens is 288 g/mol. The zero-order valence-corrected chi connectivity index (χ0v) is 14.5. The Bertz CT molecular complexity index is 661. The fourth-order valence-corrected chi connectivity index (χ4v) is 2.56. The average molecular weight is 314 g/mol. The number of hydrogen-bond donors (Lipinski definition) is 0. The van der Waals surface area contributed by atoms with Crippen LogP contribution < -0.4 is 4.74 Å². The molecular formula is C20H26O3. The highest BCUT2D eigenvalue weighted by Gasteiger charge is 2.17. The lowest BCUT2D eigenvalue weighted by Crippen LogP contribution is -2.14. The van der Waals surface area contributed by atoms with Crippen LogP contribution in [0.2, 0.25) is 0 Å². The Kier molecular flexibility index (Phi) is 6.03. The summed E-state index contributed by atoms with van der Waals surface area (Å²) in [7, 11) is 1.66. The van der Waals surface area contributed by atoms with Crippen molar-refractivity contribution in [2.24, 2.45) is 5.92 Å². The van der Waals surface area contributed by atoms with E-state index < -0.39 is 0 Å². The Morgan fingerprint density at radius 2 is 1.74 bits per heavy atom. The van der Waals surface area contributed by atoms with Crippen molar-refractivity contribution >= 4 is 16.7 Å². The molecule has 2 aromatic carbocycles. The smallest absolute Gasteiger partial charge is 0.313 e. The van der Waals surface area contributed by atoms with Crippen molar-refractivity contribution in [3.63, 3.8) is 0 Å². The fraction of sp³-hybridized carbons (Fsp3) is 0.450. The summed E-state index contributed by atoms with van der Waals surface area (Å²) in [5, 5.41) is 2.20. The van der Waals surface area contributed by atoms with Gasteiger partial charge in [0.25, 0.3) is 0 Å². The zero-order chi connectivity index (χ0) is 16.8. The SMILES string of the molecule is COc1ccc2cc([C@H](C)C(=O)OCCCC(C)C)ccc2c1. The van der Waals surface area contributed by atoms with Crippen molar-refractivity contribution in [3.8, 4) is 5.75 Å². The maximum atomic E-state index is 12.2. The van der Waals surface area contributed by atoms with Crippen molar-refractivity contribution in [3.05, 3.63) is 42.0 Å². The van der Waals surface area contributed by atoms with Crippen LogP contribution in [-0.4, -0.2) is 19.7 Å². The van der Waals surface area contributed by atoms with Gasteiger partial charge in [-0.1, -0.05) is 38.1 Å². The van der Waals surface area contributed by atoms with Gasteiger partial charge in [0.1, 0.15) is 5.75 Å². The molecule has 2 aromatic rings. The van der Waals surface area contributed by atoms with E-state index in [-0.39, 0.29) is 11.9 Å². The average Bonchev–Trinajstić information content (AvgIpc) is 2.56. The summed E-state index contributed by atoms with van der Waals surface area (Å²) in [6.07, 6.45) is 2.01. The molecule has 2 rings (SSSR count). The number of hydrogen-bond acceptors (Lipinski definition) is 3. The molecule has 0 aromatic heterocycles. The molecule has 0 radical (unpaired) electrons. The highest BCUT2D eigenvalue weighted by molar-refractivity contribution is 5.86. The summed E-state index contributed by atoms with van der Waals surface area (Å²) in [5.41, 5.74) is 0.983. The number of fused-ring (bicyclic) bond motifs is 1. The first-order valence-electron chi connectivity index (χ1n) is 8.25. The predicted molar refractivity (Wildman–Crippen MR) is 93.9 cm³/mol. The van der Waals surface area contributed by atoms with Gasteiger partial charge in [-0.2, -0.15) is 0 Å². The number of esters is 1. The number of ether oxygens (including phenoxy) is 2. The first-order valence-corrected chi connectivity index (χ1v) is 8.25. The van der Waals surface area contributed by atoms with Gasteiger partial charge >= 0.3 is 5.97 Å². The molecule has 3 nitrogen and oxygen atoms in total. The van der Waals surface area contributed by atoms with E-state index in [0.717, 1.165) is 34.9 Å². The third-order valence-electron chi connectivity index (χ3n) is 4.10. The number of methoxy groups -OCH3 is 1. The topological polar surface area (TPSA) is 35.5 Å². The van der Waals surface area contributed by atoms with Gasteiger partial charge in [0.05, 0.1) is 19.6 Å². The predicted octanol–water partition coefficient (Wildman–Crippen LogP) is 4.93. The maximum Gasteiger partial charge on any atom is 0.313 e. The zero-order valence-electron chi connectivity index (χ0n) is 14.5. The van der Waals surface area contributed by atoms with E-state index in [1.54, 1.807) is 7.11 Å². The first-order chi connectivity index (χ1) is 11.0. The molecule has 0 unspecified atom stereocenters. The van der Waals surface area contributed by atoms with Crippen LogP contribution in [0.1, 0.15) is 45.1 Å². The van der Waals surface area contributed by atoms with Gasteiger partial charge in [0, 0.05) is 0 Å². The molecule has 0 heterocycles. The van der Waals surface area contributed by atoms with Gasteiger partial charge in [0.2, 0.25) is 0 Å². The van der Waals surface area contributed by atoms with Crippen LogP contribution in [0.25, 0.3) is 10.8 Å². The van der Waals surface area contributed by atoms with E-state index in [1.165, 1.54) is 0 Å². The van der Waals surface area contributed by atoms with Gasteiger partial charge in [0.15, 0.2) is 0 Å². The van der Waals surface area contributed by atoms with Crippen LogP contribution in [0.4, 0.5) is 0 Å². The van der Waals surface area contributed by atoms with Crippen molar-refractivity contribution in [1.29, 1.82) is 0 Å². The minimum Gasteiger partial charge on any atom is -0.497 e. The van der Waals surface area contributed by atoms with E-state index >= 15 is 0 Å². The minimum absolute atomic E-state index is 0.151. The third kappa shape index (κ3) is 4.72. The highest BCUT2D eigenvalue weighted by Crippen LogP contribution is 2.25. The second kappa shape index (κ2) is 8.00. The molecule has 0 saturated heterocycles. The maximum absolute atomic E-state index is 12.2. The summed E-state index contributed by atoms with van der Waals surface area (Å²) in [6, 6.07) is 12.0. The lowest BCUT2D eigenvalue weighted by atomic mass is 9.98. The molecule has 0 aliphatic heterocycles. The van der Waals surface area contributed by atoms with Gasteiger partial charge < -0.3 is 9.47 Å². The van der Waals surface area contributed by atoms with E-state index in [2.05, 4.69) is 19.9 Å². The van der Waals surface area contributed by atoms with Crippen molar-refractivity contribution in [2.75, 3.05) is 13.7 Å². The Hall–Kier alpha value is -2.03. The quantitative estimate of drug-likeness (QED) is 0.537. The molecule has 124 valence electrons. The second-order valence-corrected chi connectivity index (χ2v) is 6.40. The van der Waals surface area contributed by atoms with Crippen LogP contribution >= 0.6 is 0 Å². The molecule has 3 heteroatoms. The van der Waals surface area contributed by atoms with Crippen LogP contribution in [-0.2, 0) is 9.53 Å². The van der Waals surface area contributed by atoms with Gasteiger partial charge in [-0.05, 0) is 54.2 Å². The Labute approximate surface area is 138 Å². The lowest BCUT2D eigenvalue weighted by Gasteiger charge is -2.13. The summed E-state index contributed by atoms with van der Waals surface area (Å²) >= 11 is 0. The number of carbonyl (C=O) groups is 1. The Balaban J connectivity index is 2.02. The minimum atomic E-state index is -0.249. The molecule has 0 bridgehead atoms. The summed E-state index contributed by atoms with van der Waals surface area (Å²) < 4.78 is 10.6. The molecule has 0 amide bonds. The van der Waals surface area contributed by atoms with Crippen LogP contribution in [0.15, 0.2) is 36.4 Å². The van der Waals surface area contributed by atoms with E-state index in [0.29, 0.717) is 12.5 Å². The highest BCUT2D eigenvalue weighted by atomic mass is 16.5. The second-order valence-electron chi connectivity index (χ2n) is 6.40. The molecule has 1 atom stereocenters. The van der Waals surface area contributed by atoms with Crippen LogP contribution in [0.5, 0.6) is 5.75 Å². The van der Waals surface area contributed by atoms with Gasteiger partial charge in [-0.15, -0.1) is 0 Å². The Morgan fingerprint density at radius 1 is 1.04 bits per heavy atom. The summed E-state index contributed by atoms with van der Waals surface area (Å²) in [5.74, 6) is 1.08. The molecule has 0 aliphatic carbocycles. The monoisotopic (exact) mass is 314 g/mol. The standard InChI is InChI=1S/C20H26O3/c1-14(2)6-5-11-23-20(21)15(3)16-7-8-18-13-19(22-4)10-9-17(18)12-16/h7-10,12-15H,5-6,11H2,1-4H3/t15-/m0/s1. The van der Waals surface area contributed by atoms with E-state index in [4.69, 9.17) is 9.47 Å². The molecule has 0 fully saturated rings. The number of benzene rings is 2. The van der Waals surface area contributed by atoms with E-state index in [9.17, 15) is 4.79 Å². The van der Waals surface area contributed by atoms with Gasteiger partial charge in [-0.3, -0.25) is 4.79 Å². The van der Waals surface area contributed by atoms with Crippen molar-refractivity contribution in [1.82, 2.24) is 0 Å². The van der Waals surface area contributed by atoms with Crippen LogP contribution in [0.3, 0.4) is 0 Å². The van der Waals surface area contributed by atoms with Crippen molar-refractivity contribution in [2.45, 2.75) is 39.5 Å². The molecule has 23 heavy (non-hydrogen) atoms. The third-order valence-corrected chi connectivity index (χ3v) is 4.10. The molecule has 0 saturated carbocycles. The normalized spacial score (nSPS) is 12.4. The molecule has 0 N–H and O–H groups in total. The Morgan fingerprint density at radius 3 is 2.43 bits per heavy atom. The van der Waals surface area contributed by atoms with Gasteiger partial charge in [-0.25, -0.2) is 0 Å². The lowest BCUT2D eigenvalue weighted by molar-refractivity contribution is -0.145. The number of rotatable bonds is 7. The van der Waals surface area contributed by atoms with E-state index in [1.807, 2.05) is 37.3 Å². The summed E-state index contributed by atoms with van der Waals surface area (Å²) in [4.78, 5) is 12.2. The largest absolute Gasteiger partial charge is 0.497 e. The molecule has 0 aliphatic rings. The fourth-order valence-electron chi connectivity index (χ4n) is 2.56. The first kappa shape index (κ1) is 17.3. The number of carbonyl (C=O) groups excluding carboxylic acids is 1. The summed E-state index contributed by atoms with van der Waals surface area (Å²) in [6.45, 7) is 6.75. The molecule has 0 spiro atoms.